The molecular weight excluding hydrogens is 529 g/mol. The van der Waals surface area contributed by atoms with Crippen molar-refractivity contribution in [3.63, 3.8) is 0 Å². The minimum absolute atomic E-state index is 0.00339. The smallest absolute Gasteiger partial charge is 0.303 e. The Balaban J connectivity index is 3.35. The van der Waals surface area contributed by atoms with Gasteiger partial charge in [-0.25, -0.2) is 0 Å². The Kier molecular flexibility index (Phi) is 13.9. The Morgan fingerprint density at radius 3 is 2.23 bits per heavy atom. The first-order valence-electron chi connectivity index (χ1n) is 15.2. The summed E-state index contributed by atoms with van der Waals surface area (Å²) in [5.74, 6) is 6.41. The van der Waals surface area contributed by atoms with Crippen LogP contribution in [0.4, 0.5) is 0 Å². The zero-order valence-electron chi connectivity index (χ0n) is 27.8. The number of carboxylic acids is 1. The van der Waals surface area contributed by atoms with Gasteiger partial charge in [-0.1, -0.05) is 84.9 Å². The van der Waals surface area contributed by atoms with Gasteiger partial charge in [-0.15, -0.1) is 11.8 Å². The van der Waals surface area contributed by atoms with Gasteiger partial charge in [0.05, 0.1) is 12.2 Å². The number of carbonyl (C=O) groups is 1. The largest absolute Gasteiger partial charge is 0.481 e. The molecule has 0 amide bonds. The monoisotopic (exact) mass is 588 g/mol. The lowest BCUT2D eigenvalue weighted by Gasteiger charge is -2.41. The van der Waals surface area contributed by atoms with Crippen molar-refractivity contribution in [3.05, 3.63) is 36.5 Å². The lowest BCUT2D eigenvalue weighted by Crippen LogP contribution is -2.45. The number of carboxylic acid groups (broad SMARTS) is 1. The van der Waals surface area contributed by atoms with Gasteiger partial charge >= 0.3 is 5.97 Å². The van der Waals surface area contributed by atoms with E-state index in [9.17, 15) is 4.79 Å². The molecule has 1 saturated carbocycles. The molecule has 0 radical (unpaired) electrons. The number of unbranched alkanes of at least 4 members (excludes halogenated alkanes) is 1. The molecular formula is C34H60O4Si2. The first-order valence-corrected chi connectivity index (χ1v) is 21.0. The highest BCUT2D eigenvalue weighted by atomic mass is 28.4. The summed E-state index contributed by atoms with van der Waals surface area (Å²) in [4.78, 5) is 10.9. The summed E-state index contributed by atoms with van der Waals surface area (Å²) in [6, 6.07) is 0. The lowest BCUT2D eigenvalue weighted by atomic mass is 9.88. The molecule has 4 nitrogen and oxygen atoms in total. The molecule has 1 rings (SSSR count). The molecule has 228 valence electrons. The fraction of sp³-hybridized carbons (Fsp3) is 0.735. The molecule has 1 aliphatic carbocycles. The van der Waals surface area contributed by atoms with E-state index in [1.54, 1.807) is 0 Å². The summed E-state index contributed by atoms with van der Waals surface area (Å²) in [6.45, 7) is 31.7. The summed E-state index contributed by atoms with van der Waals surface area (Å²) in [6.07, 6.45) is 13.4. The first-order chi connectivity index (χ1) is 18.2. The zero-order chi connectivity index (χ0) is 30.9. The minimum atomic E-state index is -1.99. The molecule has 0 aromatic carbocycles. The van der Waals surface area contributed by atoms with Crippen molar-refractivity contribution >= 4 is 22.6 Å². The Labute approximate surface area is 249 Å². The van der Waals surface area contributed by atoms with Crippen molar-refractivity contribution in [1.82, 2.24) is 0 Å². The predicted molar refractivity (Wildman–Crippen MR) is 176 cm³/mol. The van der Waals surface area contributed by atoms with Gasteiger partial charge in [0.2, 0.25) is 0 Å². The predicted octanol–water partition coefficient (Wildman–Crippen LogP) is 9.77. The summed E-state index contributed by atoms with van der Waals surface area (Å²) >= 11 is 0. The van der Waals surface area contributed by atoms with Gasteiger partial charge in [0.1, 0.15) is 0 Å². The van der Waals surface area contributed by atoms with Crippen molar-refractivity contribution in [2.75, 3.05) is 0 Å². The second kappa shape index (κ2) is 15.2. The van der Waals surface area contributed by atoms with Gasteiger partial charge in [-0.05, 0) is 80.7 Å². The van der Waals surface area contributed by atoms with E-state index in [0.29, 0.717) is 12.3 Å². The molecule has 0 aliphatic heterocycles. The van der Waals surface area contributed by atoms with Gasteiger partial charge in [0.25, 0.3) is 0 Å². The summed E-state index contributed by atoms with van der Waals surface area (Å²) in [5.41, 5.74) is 1.25. The number of allylic oxidation sites excluding steroid dienone is 2. The third kappa shape index (κ3) is 11.1. The lowest BCUT2D eigenvalue weighted by molar-refractivity contribution is -0.137. The maximum Gasteiger partial charge on any atom is 0.303 e. The van der Waals surface area contributed by atoms with Gasteiger partial charge in [-0.2, -0.15) is 0 Å². The van der Waals surface area contributed by atoms with Crippen LogP contribution in [0.2, 0.25) is 36.3 Å². The fourth-order valence-electron chi connectivity index (χ4n) is 4.55. The topological polar surface area (TPSA) is 55.8 Å². The molecule has 0 spiro atoms. The number of rotatable bonds is 14. The van der Waals surface area contributed by atoms with Crippen molar-refractivity contribution in [1.29, 1.82) is 0 Å². The van der Waals surface area contributed by atoms with Crippen LogP contribution in [-0.2, 0) is 13.6 Å². The summed E-state index contributed by atoms with van der Waals surface area (Å²) in [5, 5.41) is 9.18. The molecule has 0 saturated heterocycles. The third-order valence-corrected chi connectivity index (χ3v) is 18.4. The van der Waals surface area contributed by atoms with E-state index in [1.807, 2.05) is 6.92 Å². The third-order valence-electron chi connectivity index (χ3n) is 9.37. The summed E-state index contributed by atoms with van der Waals surface area (Å²) < 4.78 is 14.0. The van der Waals surface area contributed by atoms with Crippen LogP contribution in [0.3, 0.4) is 0 Å². The van der Waals surface area contributed by atoms with Crippen LogP contribution in [0.15, 0.2) is 36.5 Å². The van der Waals surface area contributed by atoms with E-state index in [2.05, 4.69) is 117 Å². The standard InChI is InChI=1S/C34H60O4Si2/c1-14-15-20-26(2)30(37-39(10,11)33(4,5)6)24-23-29-28(21-18-16-17-19-22-32(35)36)27(3)25-31(29)38-40(12,13)34(7,8)9/h16,18,23-24,26,28-31H,3,17,19-22,25H2,1-2,4-13H3,(H,35,36)/b18-16-,24-23+/t26-,28-,29+,30+,31+/m0/s1. The van der Waals surface area contributed by atoms with Crippen LogP contribution in [0, 0.1) is 29.6 Å². The van der Waals surface area contributed by atoms with Crippen LogP contribution in [0.1, 0.15) is 93.9 Å². The van der Waals surface area contributed by atoms with Crippen molar-refractivity contribution in [3.8, 4) is 11.8 Å². The van der Waals surface area contributed by atoms with E-state index in [4.69, 9.17) is 14.0 Å². The van der Waals surface area contributed by atoms with Gasteiger partial charge in [-0.3, -0.25) is 4.79 Å². The molecule has 0 heterocycles. The average molecular weight is 589 g/mol. The first kappa shape index (κ1) is 36.6. The van der Waals surface area contributed by atoms with E-state index >= 15 is 0 Å². The molecule has 0 aromatic rings. The second-order valence-corrected chi connectivity index (χ2v) is 24.3. The molecule has 0 aromatic heterocycles. The van der Waals surface area contributed by atoms with Crippen molar-refractivity contribution < 1.29 is 18.8 Å². The molecule has 0 bridgehead atoms. The molecule has 1 aliphatic rings. The van der Waals surface area contributed by atoms with Crippen LogP contribution < -0.4 is 0 Å². The van der Waals surface area contributed by atoms with Gasteiger partial charge in [0.15, 0.2) is 16.6 Å². The molecule has 0 unspecified atom stereocenters. The maximum atomic E-state index is 10.9. The highest BCUT2D eigenvalue weighted by Gasteiger charge is 2.45. The van der Waals surface area contributed by atoms with Gasteiger partial charge < -0.3 is 14.0 Å². The highest BCUT2D eigenvalue weighted by molar-refractivity contribution is 6.74. The number of hydrogen-bond acceptors (Lipinski definition) is 3. The normalized spacial score (nSPS) is 22.5. The molecule has 6 heteroatoms. The van der Waals surface area contributed by atoms with Crippen molar-refractivity contribution in [2.24, 2.45) is 17.8 Å². The molecule has 5 atom stereocenters. The van der Waals surface area contributed by atoms with Crippen molar-refractivity contribution in [2.45, 2.75) is 142 Å². The fourth-order valence-corrected chi connectivity index (χ4v) is 7.24. The second-order valence-electron chi connectivity index (χ2n) is 14.8. The van der Waals surface area contributed by atoms with Crippen LogP contribution in [0.5, 0.6) is 0 Å². The quantitative estimate of drug-likeness (QED) is 0.0949. The molecule has 1 N–H and O–H groups in total. The summed E-state index contributed by atoms with van der Waals surface area (Å²) in [7, 11) is -3.97. The SMILES string of the molecule is C=C1C[C@@H](O[Si](C)(C)C(C)(C)C)[C@H](/C=C/[C@@H](O[Si](C)(C)C(C)(C)C)[C@@H](C)CC#CC)[C@H]1C/C=C\CCCC(=O)O. The zero-order valence-corrected chi connectivity index (χ0v) is 29.8. The number of aliphatic carboxylic acids is 1. The average Bonchev–Trinajstić information content (AvgIpc) is 3.08. The molecule has 1 fully saturated rings. The van der Waals surface area contributed by atoms with Crippen LogP contribution in [0.25, 0.3) is 0 Å². The minimum Gasteiger partial charge on any atom is -0.481 e. The Morgan fingerprint density at radius 2 is 1.70 bits per heavy atom. The van der Waals surface area contributed by atoms with Gasteiger partial charge in [0, 0.05) is 18.8 Å². The van der Waals surface area contributed by atoms with Crippen LogP contribution in [-0.4, -0.2) is 39.9 Å². The molecule has 40 heavy (non-hydrogen) atoms. The van der Waals surface area contributed by atoms with E-state index in [1.165, 1.54) is 5.57 Å². The Bertz CT molecular complexity index is 953. The van der Waals surface area contributed by atoms with E-state index < -0.39 is 22.6 Å². The van der Waals surface area contributed by atoms with E-state index in [-0.39, 0.29) is 40.5 Å². The number of hydrogen-bond donors (Lipinski definition) is 1. The van der Waals surface area contributed by atoms with E-state index in [0.717, 1.165) is 25.7 Å². The highest BCUT2D eigenvalue weighted by Crippen LogP contribution is 2.46. The Hall–Kier alpha value is -1.40. The maximum absolute atomic E-state index is 10.9. The Morgan fingerprint density at radius 1 is 1.10 bits per heavy atom. The van der Waals surface area contributed by atoms with Crippen LogP contribution >= 0.6 is 0 Å².